The molecule has 1 aromatic rings. The van der Waals surface area contributed by atoms with E-state index in [1.807, 2.05) is 24.3 Å². The third kappa shape index (κ3) is 4.49. The molecular weight excluding hydrogens is 190 g/mol. The predicted octanol–water partition coefficient (Wildman–Crippen LogP) is 2.52. The van der Waals surface area contributed by atoms with Crippen molar-refractivity contribution in [2.75, 3.05) is 5.32 Å². The Balaban J connectivity index is 2.52. The standard InChI is InChI=1S/C12H17NO2/c1-9(2)13-11-6-3-10(4-7-11)5-8-12(14)15/h3-4,6-7,9,13H,5,8H2,1-2H3,(H,14,15). The molecule has 0 saturated carbocycles. The molecule has 0 unspecified atom stereocenters. The van der Waals surface area contributed by atoms with Gasteiger partial charge in [0.05, 0.1) is 0 Å². The molecule has 3 nitrogen and oxygen atoms in total. The minimum atomic E-state index is -0.751. The Morgan fingerprint density at radius 3 is 2.40 bits per heavy atom. The summed E-state index contributed by atoms with van der Waals surface area (Å²) in [4.78, 5) is 10.4. The molecule has 0 aliphatic carbocycles. The first-order valence-corrected chi connectivity index (χ1v) is 5.15. The fourth-order valence-corrected chi connectivity index (χ4v) is 1.35. The van der Waals surface area contributed by atoms with Crippen molar-refractivity contribution < 1.29 is 9.90 Å². The lowest BCUT2D eigenvalue weighted by Crippen LogP contribution is -2.09. The van der Waals surface area contributed by atoms with E-state index < -0.39 is 5.97 Å². The normalized spacial score (nSPS) is 10.3. The van der Waals surface area contributed by atoms with Gasteiger partial charge in [0.1, 0.15) is 0 Å². The maximum absolute atomic E-state index is 10.4. The van der Waals surface area contributed by atoms with Crippen LogP contribution in [0.4, 0.5) is 5.69 Å². The number of benzene rings is 1. The Morgan fingerprint density at radius 2 is 1.93 bits per heavy atom. The monoisotopic (exact) mass is 207 g/mol. The van der Waals surface area contributed by atoms with Crippen molar-refractivity contribution in [2.45, 2.75) is 32.7 Å². The molecule has 0 aliphatic heterocycles. The van der Waals surface area contributed by atoms with Crippen molar-refractivity contribution in [3.8, 4) is 0 Å². The van der Waals surface area contributed by atoms with Gasteiger partial charge in [-0.1, -0.05) is 12.1 Å². The number of carboxylic acid groups (broad SMARTS) is 1. The molecule has 1 rings (SSSR count). The molecule has 0 fully saturated rings. The molecule has 0 amide bonds. The van der Waals surface area contributed by atoms with Gasteiger partial charge in [-0.15, -0.1) is 0 Å². The molecule has 3 heteroatoms. The zero-order chi connectivity index (χ0) is 11.3. The SMILES string of the molecule is CC(C)Nc1ccc(CCC(=O)O)cc1. The van der Waals surface area contributed by atoms with Crippen LogP contribution in [-0.2, 0) is 11.2 Å². The van der Waals surface area contributed by atoms with Crippen molar-refractivity contribution in [2.24, 2.45) is 0 Å². The first-order chi connectivity index (χ1) is 7.08. The molecule has 0 spiro atoms. The summed E-state index contributed by atoms with van der Waals surface area (Å²) in [6.45, 7) is 4.16. The molecule has 2 N–H and O–H groups in total. The second kappa shape index (κ2) is 5.39. The van der Waals surface area contributed by atoms with Gasteiger partial charge in [-0.05, 0) is 38.0 Å². The minimum absolute atomic E-state index is 0.191. The lowest BCUT2D eigenvalue weighted by atomic mass is 10.1. The van der Waals surface area contributed by atoms with Gasteiger partial charge in [0.25, 0.3) is 0 Å². The Bertz CT molecular complexity index is 317. The minimum Gasteiger partial charge on any atom is -0.481 e. The second-order valence-corrected chi connectivity index (χ2v) is 3.89. The van der Waals surface area contributed by atoms with Crippen molar-refractivity contribution in [3.05, 3.63) is 29.8 Å². The average Bonchev–Trinajstić information content (AvgIpc) is 2.16. The number of hydrogen-bond donors (Lipinski definition) is 2. The van der Waals surface area contributed by atoms with Crippen LogP contribution in [0.1, 0.15) is 25.8 Å². The number of carboxylic acids is 1. The van der Waals surface area contributed by atoms with E-state index in [0.717, 1.165) is 11.3 Å². The van der Waals surface area contributed by atoms with Crippen LogP contribution in [0.25, 0.3) is 0 Å². The highest BCUT2D eigenvalue weighted by molar-refractivity contribution is 5.67. The number of nitrogens with one attached hydrogen (secondary N) is 1. The van der Waals surface area contributed by atoms with Gasteiger partial charge in [0, 0.05) is 18.2 Å². The quantitative estimate of drug-likeness (QED) is 0.780. The molecule has 0 aliphatic rings. The van der Waals surface area contributed by atoms with Crippen molar-refractivity contribution in [1.82, 2.24) is 0 Å². The van der Waals surface area contributed by atoms with E-state index in [-0.39, 0.29) is 6.42 Å². The summed E-state index contributed by atoms with van der Waals surface area (Å²) < 4.78 is 0. The third-order valence-corrected chi connectivity index (χ3v) is 2.04. The third-order valence-electron chi connectivity index (χ3n) is 2.04. The van der Waals surface area contributed by atoms with Gasteiger partial charge in [0.15, 0.2) is 0 Å². The van der Waals surface area contributed by atoms with E-state index in [0.29, 0.717) is 12.5 Å². The number of carbonyl (C=O) groups is 1. The summed E-state index contributed by atoms with van der Waals surface area (Å²) in [5.74, 6) is -0.751. The van der Waals surface area contributed by atoms with Gasteiger partial charge < -0.3 is 10.4 Å². The van der Waals surface area contributed by atoms with E-state index in [9.17, 15) is 4.79 Å². The molecule has 0 aromatic heterocycles. The summed E-state index contributed by atoms with van der Waals surface area (Å²) in [5.41, 5.74) is 2.13. The van der Waals surface area contributed by atoms with Gasteiger partial charge >= 0.3 is 5.97 Å². The number of aliphatic carboxylic acids is 1. The molecule has 82 valence electrons. The Kier molecular flexibility index (Phi) is 4.16. The van der Waals surface area contributed by atoms with Gasteiger partial charge in [0.2, 0.25) is 0 Å². The summed E-state index contributed by atoms with van der Waals surface area (Å²) in [6, 6.07) is 8.31. The summed E-state index contributed by atoms with van der Waals surface area (Å²) in [5, 5.41) is 11.8. The Hall–Kier alpha value is -1.51. The largest absolute Gasteiger partial charge is 0.481 e. The van der Waals surface area contributed by atoms with Crippen LogP contribution in [-0.4, -0.2) is 17.1 Å². The van der Waals surface area contributed by atoms with Crippen LogP contribution in [0.5, 0.6) is 0 Å². The highest BCUT2D eigenvalue weighted by Gasteiger charge is 1.99. The number of hydrogen-bond acceptors (Lipinski definition) is 2. The topological polar surface area (TPSA) is 49.3 Å². The van der Waals surface area contributed by atoms with Crippen LogP contribution in [0, 0.1) is 0 Å². The highest BCUT2D eigenvalue weighted by Crippen LogP contribution is 2.11. The lowest BCUT2D eigenvalue weighted by Gasteiger charge is -2.10. The fourth-order valence-electron chi connectivity index (χ4n) is 1.35. The summed E-state index contributed by atoms with van der Waals surface area (Å²) >= 11 is 0. The van der Waals surface area contributed by atoms with E-state index in [1.165, 1.54) is 0 Å². The Morgan fingerprint density at radius 1 is 1.33 bits per heavy atom. The highest BCUT2D eigenvalue weighted by atomic mass is 16.4. The molecule has 0 radical (unpaired) electrons. The average molecular weight is 207 g/mol. The van der Waals surface area contributed by atoms with Gasteiger partial charge in [-0.2, -0.15) is 0 Å². The molecule has 0 atom stereocenters. The van der Waals surface area contributed by atoms with E-state index in [1.54, 1.807) is 0 Å². The van der Waals surface area contributed by atoms with Crippen molar-refractivity contribution in [1.29, 1.82) is 0 Å². The molecule has 0 bridgehead atoms. The summed E-state index contributed by atoms with van der Waals surface area (Å²) in [6.07, 6.45) is 0.786. The number of aryl methyl sites for hydroxylation is 1. The van der Waals surface area contributed by atoms with Crippen molar-refractivity contribution >= 4 is 11.7 Å². The zero-order valence-electron chi connectivity index (χ0n) is 9.16. The molecular formula is C12H17NO2. The van der Waals surface area contributed by atoms with E-state index in [4.69, 9.17) is 5.11 Å². The number of rotatable bonds is 5. The molecule has 1 aromatic carbocycles. The van der Waals surface area contributed by atoms with Gasteiger partial charge in [-0.3, -0.25) is 4.79 Å². The first kappa shape index (κ1) is 11.6. The van der Waals surface area contributed by atoms with Crippen LogP contribution >= 0.6 is 0 Å². The fraction of sp³-hybridized carbons (Fsp3) is 0.417. The maximum atomic E-state index is 10.4. The van der Waals surface area contributed by atoms with Gasteiger partial charge in [-0.25, -0.2) is 0 Å². The van der Waals surface area contributed by atoms with E-state index >= 15 is 0 Å². The molecule has 0 heterocycles. The van der Waals surface area contributed by atoms with E-state index in [2.05, 4.69) is 19.2 Å². The molecule has 0 saturated heterocycles. The zero-order valence-corrected chi connectivity index (χ0v) is 9.16. The second-order valence-electron chi connectivity index (χ2n) is 3.89. The molecule has 15 heavy (non-hydrogen) atoms. The van der Waals surface area contributed by atoms with Crippen molar-refractivity contribution in [3.63, 3.8) is 0 Å². The Labute approximate surface area is 90.1 Å². The van der Waals surface area contributed by atoms with Crippen LogP contribution in [0.2, 0.25) is 0 Å². The smallest absolute Gasteiger partial charge is 0.303 e. The van der Waals surface area contributed by atoms with Crippen LogP contribution < -0.4 is 5.32 Å². The summed E-state index contributed by atoms with van der Waals surface area (Å²) in [7, 11) is 0. The van der Waals surface area contributed by atoms with Crippen LogP contribution in [0.3, 0.4) is 0 Å². The predicted molar refractivity (Wildman–Crippen MR) is 61.2 cm³/mol. The maximum Gasteiger partial charge on any atom is 0.303 e. The number of anilines is 1. The first-order valence-electron chi connectivity index (χ1n) is 5.15. The lowest BCUT2D eigenvalue weighted by molar-refractivity contribution is -0.136. The van der Waals surface area contributed by atoms with Crippen LogP contribution in [0.15, 0.2) is 24.3 Å².